The number of amides is 1. The van der Waals surface area contributed by atoms with E-state index in [1.807, 2.05) is 11.8 Å². The second kappa shape index (κ2) is 9.03. The fourth-order valence-corrected chi connectivity index (χ4v) is 4.29. The lowest BCUT2D eigenvalue weighted by Crippen LogP contribution is -2.39. The molecule has 2 aromatic carbocycles. The first-order chi connectivity index (χ1) is 14.7. The number of carbonyl (C=O) groups is 1. The minimum Gasteiger partial charge on any atom is -0.496 e. The first-order valence-electron chi connectivity index (χ1n) is 9.65. The molecule has 0 spiro atoms. The zero-order chi connectivity index (χ0) is 22.8. The summed E-state index contributed by atoms with van der Waals surface area (Å²) in [7, 11) is 0.862. The van der Waals surface area contributed by atoms with Gasteiger partial charge in [-0.05, 0) is 43.2 Å². The second-order valence-electron chi connectivity index (χ2n) is 7.31. The van der Waals surface area contributed by atoms with Crippen LogP contribution in [0.25, 0.3) is 0 Å². The van der Waals surface area contributed by atoms with E-state index in [1.165, 1.54) is 6.07 Å². The molecule has 1 atom stereocenters. The number of carbonyl (C=O) groups excluding carboxylic acids is 1. The van der Waals surface area contributed by atoms with Gasteiger partial charge in [0.1, 0.15) is 5.75 Å². The van der Waals surface area contributed by atoms with E-state index in [1.54, 1.807) is 45.6 Å². The first-order valence-corrected chi connectivity index (χ1v) is 11.2. The molecule has 0 aliphatic carbocycles. The molecular formula is C21H27N3O6S. The lowest BCUT2D eigenvalue weighted by molar-refractivity contribution is -0.120. The number of sulfonamides is 1. The lowest BCUT2D eigenvalue weighted by Gasteiger charge is -2.24. The molecule has 3 N–H and O–H groups in total. The van der Waals surface area contributed by atoms with Crippen molar-refractivity contribution in [3.8, 4) is 17.2 Å². The molecule has 168 valence electrons. The first kappa shape index (κ1) is 22.7. The minimum absolute atomic E-state index is 0.0482. The summed E-state index contributed by atoms with van der Waals surface area (Å²) in [6.07, 6.45) is 0.634. The monoisotopic (exact) mass is 449 g/mol. The van der Waals surface area contributed by atoms with Crippen molar-refractivity contribution >= 4 is 21.6 Å². The summed E-state index contributed by atoms with van der Waals surface area (Å²) in [5.74, 6) is 1.48. The second-order valence-corrected chi connectivity index (χ2v) is 8.87. The SMILES string of the molecule is COc1cc(OC)c(OC)cc1CNC(=O)CN1c2ccc(S(N)(=O)=O)cc2CC1C. The van der Waals surface area contributed by atoms with Crippen LogP contribution >= 0.6 is 0 Å². The fourth-order valence-electron chi connectivity index (χ4n) is 3.72. The quantitative estimate of drug-likeness (QED) is 0.625. The molecule has 10 heteroatoms. The van der Waals surface area contributed by atoms with Crippen LogP contribution in [0.1, 0.15) is 18.1 Å². The number of fused-ring (bicyclic) bond motifs is 1. The maximum absolute atomic E-state index is 12.7. The van der Waals surface area contributed by atoms with E-state index < -0.39 is 10.0 Å². The Morgan fingerprint density at radius 2 is 1.74 bits per heavy atom. The van der Waals surface area contributed by atoms with Gasteiger partial charge in [-0.1, -0.05) is 0 Å². The number of nitrogens with zero attached hydrogens (tertiary/aromatic N) is 1. The van der Waals surface area contributed by atoms with Gasteiger partial charge in [0.05, 0.1) is 32.8 Å². The van der Waals surface area contributed by atoms with Crippen molar-refractivity contribution in [2.24, 2.45) is 5.14 Å². The summed E-state index contributed by atoms with van der Waals surface area (Å²) >= 11 is 0. The summed E-state index contributed by atoms with van der Waals surface area (Å²) in [4.78, 5) is 14.7. The van der Waals surface area contributed by atoms with E-state index >= 15 is 0 Å². The van der Waals surface area contributed by atoms with E-state index in [2.05, 4.69) is 5.32 Å². The number of methoxy groups -OCH3 is 3. The Bertz CT molecular complexity index is 1090. The van der Waals surface area contributed by atoms with Crippen molar-refractivity contribution in [1.29, 1.82) is 0 Å². The number of hydrogen-bond donors (Lipinski definition) is 2. The summed E-state index contributed by atoms with van der Waals surface area (Å²) in [6, 6.07) is 8.26. The summed E-state index contributed by atoms with van der Waals surface area (Å²) < 4.78 is 39.2. The molecule has 0 fully saturated rings. The Morgan fingerprint density at radius 1 is 1.10 bits per heavy atom. The largest absolute Gasteiger partial charge is 0.496 e. The lowest BCUT2D eigenvalue weighted by atomic mass is 10.1. The molecule has 3 rings (SSSR count). The van der Waals surface area contributed by atoms with Crippen LogP contribution in [0.4, 0.5) is 5.69 Å². The zero-order valence-corrected chi connectivity index (χ0v) is 18.8. The highest BCUT2D eigenvalue weighted by molar-refractivity contribution is 7.89. The van der Waals surface area contributed by atoms with Crippen molar-refractivity contribution < 1.29 is 27.4 Å². The van der Waals surface area contributed by atoms with E-state index in [0.717, 1.165) is 16.8 Å². The molecule has 0 saturated carbocycles. The molecule has 1 amide bonds. The molecule has 0 bridgehead atoms. The van der Waals surface area contributed by atoms with Crippen LogP contribution in [0.3, 0.4) is 0 Å². The third-order valence-corrected chi connectivity index (χ3v) is 6.22. The van der Waals surface area contributed by atoms with Gasteiger partial charge >= 0.3 is 0 Å². The van der Waals surface area contributed by atoms with Gasteiger partial charge in [0.15, 0.2) is 11.5 Å². The molecule has 2 aromatic rings. The van der Waals surface area contributed by atoms with Crippen LogP contribution in [0.5, 0.6) is 17.2 Å². The van der Waals surface area contributed by atoms with Crippen LogP contribution in [0.2, 0.25) is 0 Å². The third kappa shape index (κ3) is 4.86. The average molecular weight is 450 g/mol. The smallest absolute Gasteiger partial charge is 0.239 e. The van der Waals surface area contributed by atoms with Crippen molar-refractivity contribution in [2.75, 3.05) is 32.8 Å². The van der Waals surface area contributed by atoms with Gasteiger partial charge in [-0.2, -0.15) is 0 Å². The number of hydrogen-bond acceptors (Lipinski definition) is 7. The number of nitrogens with one attached hydrogen (secondary N) is 1. The van der Waals surface area contributed by atoms with Crippen LogP contribution in [0.15, 0.2) is 35.2 Å². The highest BCUT2D eigenvalue weighted by Crippen LogP contribution is 2.35. The number of anilines is 1. The predicted octanol–water partition coefficient (Wildman–Crippen LogP) is 1.43. The summed E-state index contributed by atoms with van der Waals surface area (Å²) in [5, 5.41) is 8.13. The normalized spacial score (nSPS) is 15.4. The topological polar surface area (TPSA) is 120 Å². The van der Waals surface area contributed by atoms with E-state index in [-0.39, 0.29) is 29.9 Å². The molecule has 0 aromatic heterocycles. The highest BCUT2D eigenvalue weighted by atomic mass is 32.2. The van der Waals surface area contributed by atoms with Crippen LogP contribution in [-0.4, -0.2) is 48.2 Å². The average Bonchev–Trinajstić information content (AvgIpc) is 3.05. The van der Waals surface area contributed by atoms with Gasteiger partial charge in [-0.3, -0.25) is 4.79 Å². The van der Waals surface area contributed by atoms with Crippen molar-refractivity contribution in [2.45, 2.75) is 30.8 Å². The Morgan fingerprint density at radius 3 is 2.35 bits per heavy atom. The van der Waals surface area contributed by atoms with Crippen molar-refractivity contribution in [3.63, 3.8) is 0 Å². The molecule has 9 nitrogen and oxygen atoms in total. The van der Waals surface area contributed by atoms with Gasteiger partial charge < -0.3 is 24.4 Å². The van der Waals surface area contributed by atoms with Crippen molar-refractivity contribution in [1.82, 2.24) is 5.32 Å². The molecule has 1 heterocycles. The maximum Gasteiger partial charge on any atom is 0.239 e. The van der Waals surface area contributed by atoms with E-state index in [9.17, 15) is 13.2 Å². The number of rotatable bonds is 8. The summed E-state index contributed by atoms with van der Waals surface area (Å²) in [6.45, 7) is 2.38. The Balaban J connectivity index is 1.71. The maximum atomic E-state index is 12.7. The molecule has 31 heavy (non-hydrogen) atoms. The standard InChI is InChI=1S/C21H27N3O6S/c1-13-7-14-8-16(31(22,26)27)5-6-17(14)24(13)12-21(25)23-11-15-9-19(29-3)20(30-4)10-18(15)28-2/h5-6,8-10,13H,7,11-12H2,1-4H3,(H,23,25)(H2,22,26,27). The van der Waals surface area contributed by atoms with Crippen LogP contribution in [-0.2, 0) is 27.8 Å². The number of primary sulfonamides is 1. The van der Waals surface area contributed by atoms with Gasteiger partial charge in [-0.25, -0.2) is 13.6 Å². The van der Waals surface area contributed by atoms with Gasteiger partial charge in [0.25, 0.3) is 0 Å². The van der Waals surface area contributed by atoms with Crippen molar-refractivity contribution in [3.05, 3.63) is 41.5 Å². The molecule has 1 aliphatic rings. The van der Waals surface area contributed by atoms with E-state index in [0.29, 0.717) is 23.7 Å². The Kier molecular flexibility index (Phi) is 6.61. The molecule has 1 aliphatic heterocycles. The Labute approximate surface area is 182 Å². The number of benzene rings is 2. The number of nitrogens with two attached hydrogens (primary N) is 1. The van der Waals surface area contributed by atoms with Crippen LogP contribution in [0, 0.1) is 0 Å². The van der Waals surface area contributed by atoms with Gasteiger partial charge in [-0.15, -0.1) is 0 Å². The third-order valence-electron chi connectivity index (χ3n) is 5.31. The molecular weight excluding hydrogens is 422 g/mol. The molecule has 0 saturated heterocycles. The predicted molar refractivity (Wildman–Crippen MR) is 116 cm³/mol. The zero-order valence-electron chi connectivity index (χ0n) is 18.0. The number of ether oxygens (including phenoxy) is 3. The van der Waals surface area contributed by atoms with E-state index in [4.69, 9.17) is 19.3 Å². The summed E-state index contributed by atoms with van der Waals surface area (Å²) in [5.41, 5.74) is 2.44. The van der Waals surface area contributed by atoms with Gasteiger partial charge in [0.2, 0.25) is 15.9 Å². The molecule has 0 radical (unpaired) electrons. The fraction of sp³-hybridized carbons (Fsp3) is 0.381. The minimum atomic E-state index is -3.77. The van der Waals surface area contributed by atoms with Crippen LogP contribution < -0.4 is 29.6 Å². The van der Waals surface area contributed by atoms with Gasteiger partial charge in [0, 0.05) is 29.9 Å². The Hall–Kier alpha value is -2.98. The molecule has 1 unspecified atom stereocenters. The highest BCUT2D eigenvalue weighted by Gasteiger charge is 2.28.